The normalized spacial score (nSPS) is 16.6. The van der Waals surface area contributed by atoms with Crippen molar-refractivity contribution in [3.05, 3.63) is 108 Å². The average molecular weight is 522 g/mol. The molecule has 1 N–H and O–H groups in total. The van der Waals surface area contributed by atoms with E-state index in [1.54, 1.807) is 4.90 Å². The Bertz CT molecular complexity index is 1210. The second kappa shape index (κ2) is 13.2. The second-order valence-electron chi connectivity index (χ2n) is 10.8. The Morgan fingerprint density at radius 1 is 0.923 bits per heavy atom. The number of likely N-dealkylation sites (tertiary alicyclic amines) is 1. The number of amides is 2. The maximum absolute atomic E-state index is 13.5. The molecule has 0 saturated carbocycles. The summed E-state index contributed by atoms with van der Waals surface area (Å²) in [5, 5.41) is 13.4. The molecule has 0 aliphatic carbocycles. The molecule has 1 fully saturated rings. The van der Waals surface area contributed by atoms with Crippen molar-refractivity contribution in [2.24, 2.45) is 5.92 Å². The molecule has 3 aromatic rings. The molecule has 1 unspecified atom stereocenters. The lowest BCUT2D eigenvalue weighted by Crippen LogP contribution is -2.47. The minimum absolute atomic E-state index is 0.0236. The topological polar surface area (TPSA) is 73.2 Å². The molecule has 39 heavy (non-hydrogen) atoms. The summed E-state index contributed by atoms with van der Waals surface area (Å²) in [6.07, 6.45) is 4.07. The zero-order valence-electron chi connectivity index (χ0n) is 23.1. The first-order valence-electron chi connectivity index (χ1n) is 14.1. The summed E-state index contributed by atoms with van der Waals surface area (Å²) in [6, 6.07) is 31.7. The van der Waals surface area contributed by atoms with Crippen LogP contribution in [0.5, 0.6) is 0 Å². The number of nitrogens with zero attached hydrogens (tertiary/aromatic N) is 2. The summed E-state index contributed by atoms with van der Waals surface area (Å²) in [5.41, 5.74) is 2.50. The van der Waals surface area contributed by atoms with E-state index < -0.39 is 11.5 Å². The van der Waals surface area contributed by atoms with Crippen LogP contribution in [-0.2, 0) is 15.0 Å². The second-order valence-corrected chi connectivity index (χ2v) is 10.8. The maximum atomic E-state index is 13.5. The highest BCUT2D eigenvalue weighted by Gasteiger charge is 2.37. The van der Waals surface area contributed by atoms with E-state index >= 15 is 0 Å². The van der Waals surface area contributed by atoms with E-state index in [9.17, 15) is 14.9 Å². The minimum Gasteiger partial charge on any atom is -0.343 e. The van der Waals surface area contributed by atoms with E-state index in [2.05, 4.69) is 25.2 Å². The number of carbonyl (C=O) groups excluding carboxylic acids is 2. The van der Waals surface area contributed by atoms with E-state index in [1.807, 2.05) is 91.0 Å². The van der Waals surface area contributed by atoms with Crippen molar-refractivity contribution in [3.8, 4) is 6.07 Å². The zero-order valence-corrected chi connectivity index (χ0v) is 23.1. The number of rotatable bonds is 11. The van der Waals surface area contributed by atoms with Gasteiger partial charge in [0.2, 0.25) is 11.8 Å². The van der Waals surface area contributed by atoms with E-state index in [4.69, 9.17) is 0 Å². The van der Waals surface area contributed by atoms with Crippen molar-refractivity contribution < 1.29 is 9.59 Å². The zero-order chi connectivity index (χ0) is 27.7. The average Bonchev–Trinajstić information content (AvgIpc) is 3.48. The molecular weight excluding hydrogens is 482 g/mol. The fraction of sp³-hybridized carbons (Fsp3) is 0.382. The number of hydrogen-bond acceptors (Lipinski definition) is 3. The molecule has 5 nitrogen and oxygen atoms in total. The van der Waals surface area contributed by atoms with Gasteiger partial charge in [0.05, 0.1) is 17.5 Å². The minimum atomic E-state index is -0.565. The number of nitrogens with one attached hydrogen (secondary N) is 1. The Morgan fingerprint density at radius 2 is 1.49 bits per heavy atom. The predicted octanol–water partition coefficient (Wildman–Crippen LogP) is 6.56. The van der Waals surface area contributed by atoms with Gasteiger partial charge >= 0.3 is 0 Å². The Labute approximate surface area is 232 Å². The van der Waals surface area contributed by atoms with Gasteiger partial charge in [-0.1, -0.05) is 111 Å². The number of carbonyl (C=O) groups is 2. The lowest BCUT2D eigenvalue weighted by Gasteiger charge is -2.31. The first kappa shape index (κ1) is 28.1. The highest BCUT2D eigenvalue weighted by Crippen LogP contribution is 2.37. The van der Waals surface area contributed by atoms with Crippen molar-refractivity contribution in [1.82, 2.24) is 10.2 Å². The van der Waals surface area contributed by atoms with Gasteiger partial charge in [-0.15, -0.1) is 0 Å². The number of nitriles is 1. The van der Waals surface area contributed by atoms with E-state index in [-0.39, 0.29) is 23.8 Å². The fourth-order valence-corrected chi connectivity index (χ4v) is 5.80. The van der Waals surface area contributed by atoms with Crippen molar-refractivity contribution in [1.29, 1.82) is 5.26 Å². The van der Waals surface area contributed by atoms with E-state index in [1.165, 1.54) is 0 Å². The molecule has 5 heteroatoms. The van der Waals surface area contributed by atoms with Crippen LogP contribution in [0.25, 0.3) is 0 Å². The van der Waals surface area contributed by atoms with Gasteiger partial charge in [0, 0.05) is 13.0 Å². The SMILES string of the molecule is CC(C)C(C#N)(CCCCC(=O)N1CCC[C@@H]1C(=O)NC(c1ccccc1)c1ccccc1)c1ccccc1. The highest BCUT2D eigenvalue weighted by atomic mass is 16.2. The van der Waals surface area contributed by atoms with Crippen LogP contribution in [0.2, 0.25) is 0 Å². The van der Waals surface area contributed by atoms with Crippen molar-refractivity contribution >= 4 is 11.8 Å². The standard InChI is InChI=1S/C34H39N3O2/c1-26(2)34(25-35,29-19-10-5-11-20-29)23-13-12-22-31(38)37-24-14-21-30(37)33(39)36-32(27-15-6-3-7-16-27)28-17-8-4-9-18-28/h3-11,15-20,26,30,32H,12-14,21-24H2,1-2H3,(H,36,39)/t30-,34?/m1/s1. The quantitative estimate of drug-likeness (QED) is 0.290. The van der Waals surface area contributed by atoms with Crippen LogP contribution < -0.4 is 5.32 Å². The molecule has 4 rings (SSSR count). The van der Waals surface area contributed by atoms with Crippen LogP contribution in [0.1, 0.15) is 75.1 Å². The van der Waals surface area contributed by atoms with E-state index in [0.29, 0.717) is 32.2 Å². The lowest BCUT2D eigenvalue weighted by atomic mass is 9.69. The predicted molar refractivity (Wildman–Crippen MR) is 155 cm³/mol. The first-order valence-corrected chi connectivity index (χ1v) is 14.1. The van der Waals surface area contributed by atoms with Gasteiger partial charge in [0.15, 0.2) is 0 Å². The molecule has 3 aromatic carbocycles. The van der Waals surface area contributed by atoms with Gasteiger partial charge < -0.3 is 10.2 Å². The summed E-state index contributed by atoms with van der Waals surface area (Å²) in [4.78, 5) is 28.5. The monoisotopic (exact) mass is 521 g/mol. The van der Waals surface area contributed by atoms with Gasteiger partial charge in [0.1, 0.15) is 6.04 Å². The Hall–Kier alpha value is -3.91. The summed E-state index contributed by atoms with van der Waals surface area (Å²) in [6.45, 7) is 4.79. The summed E-state index contributed by atoms with van der Waals surface area (Å²) in [7, 11) is 0. The third-order valence-corrected chi connectivity index (χ3v) is 8.11. The first-order chi connectivity index (χ1) is 19.0. The fourth-order valence-electron chi connectivity index (χ4n) is 5.80. The molecule has 202 valence electrons. The van der Waals surface area contributed by atoms with Crippen LogP contribution in [-0.4, -0.2) is 29.3 Å². The third-order valence-electron chi connectivity index (χ3n) is 8.11. The molecule has 2 atom stereocenters. The molecule has 0 bridgehead atoms. The third kappa shape index (κ3) is 6.57. The molecule has 1 saturated heterocycles. The molecule has 1 aliphatic rings. The number of benzene rings is 3. The van der Waals surface area contributed by atoms with Gasteiger partial charge in [0.25, 0.3) is 0 Å². The summed E-state index contributed by atoms with van der Waals surface area (Å²) >= 11 is 0. The van der Waals surface area contributed by atoms with Crippen LogP contribution in [0.15, 0.2) is 91.0 Å². The smallest absolute Gasteiger partial charge is 0.243 e. The molecule has 0 spiro atoms. The molecule has 1 heterocycles. The Morgan fingerprint density at radius 3 is 2.03 bits per heavy atom. The van der Waals surface area contributed by atoms with E-state index in [0.717, 1.165) is 29.5 Å². The highest BCUT2D eigenvalue weighted by molar-refractivity contribution is 5.88. The summed E-state index contributed by atoms with van der Waals surface area (Å²) in [5.74, 6) is 0.0795. The number of hydrogen-bond donors (Lipinski definition) is 1. The van der Waals surface area contributed by atoms with Crippen LogP contribution in [0.4, 0.5) is 0 Å². The van der Waals surface area contributed by atoms with Gasteiger partial charge in [-0.3, -0.25) is 9.59 Å². The van der Waals surface area contributed by atoms with Gasteiger partial charge in [-0.2, -0.15) is 5.26 Å². The molecular formula is C34H39N3O2. The van der Waals surface area contributed by atoms with Crippen molar-refractivity contribution in [2.45, 2.75) is 69.9 Å². The number of unbranched alkanes of at least 4 members (excludes halogenated alkanes) is 1. The van der Waals surface area contributed by atoms with Gasteiger partial charge in [-0.05, 0) is 48.3 Å². The molecule has 0 aromatic heterocycles. The molecule has 2 amide bonds. The Balaban J connectivity index is 1.37. The molecule has 0 radical (unpaired) electrons. The lowest BCUT2D eigenvalue weighted by molar-refractivity contribution is -0.138. The van der Waals surface area contributed by atoms with Crippen molar-refractivity contribution in [2.75, 3.05) is 6.54 Å². The van der Waals surface area contributed by atoms with Crippen LogP contribution in [0, 0.1) is 17.2 Å². The summed E-state index contributed by atoms with van der Waals surface area (Å²) < 4.78 is 0. The largest absolute Gasteiger partial charge is 0.343 e. The Kier molecular flexibility index (Phi) is 9.54. The van der Waals surface area contributed by atoms with Crippen LogP contribution >= 0.6 is 0 Å². The van der Waals surface area contributed by atoms with Crippen molar-refractivity contribution in [3.63, 3.8) is 0 Å². The van der Waals surface area contributed by atoms with Crippen LogP contribution in [0.3, 0.4) is 0 Å². The maximum Gasteiger partial charge on any atom is 0.243 e. The molecule has 1 aliphatic heterocycles. The van der Waals surface area contributed by atoms with Gasteiger partial charge in [-0.25, -0.2) is 0 Å².